The summed E-state index contributed by atoms with van der Waals surface area (Å²) in [5, 5.41) is 2.88. The molecule has 0 aliphatic heterocycles. The second-order valence-electron chi connectivity index (χ2n) is 7.66. The smallest absolute Gasteiger partial charge is 0.317 e. The molecule has 0 radical (unpaired) electrons. The SMILES string of the molecule is CN(CCc1ccccn1)C(=O)NC[C@@H](Cc1ccccc1)C(=O)OCc1ccccc1. The summed E-state index contributed by atoms with van der Waals surface area (Å²) in [5.74, 6) is -0.802. The van der Waals surface area contributed by atoms with Crippen LogP contribution in [0.4, 0.5) is 4.79 Å². The molecule has 3 aromatic rings. The Labute approximate surface area is 189 Å². The molecule has 2 aromatic carbocycles. The van der Waals surface area contributed by atoms with E-state index in [-0.39, 0.29) is 25.2 Å². The van der Waals surface area contributed by atoms with Crippen molar-refractivity contribution in [1.29, 1.82) is 0 Å². The molecule has 0 aliphatic rings. The number of nitrogens with zero attached hydrogens (tertiary/aromatic N) is 2. The quantitative estimate of drug-likeness (QED) is 0.495. The van der Waals surface area contributed by atoms with Gasteiger partial charge in [-0.15, -0.1) is 0 Å². The number of pyridine rings is 1. The number of aromatic nitrogens is 1. The predicted molar refractivity (Wildman–Crippen MR) is 124 cm³/mol. The van der Waals surface area contributed by atoms with Crippen molar-refractivity contribution < 1.29 is 14.3 Å². The minimum atomic E-state index is -0.478. The van der Waals surface area contributed by atoms with E-state index in [1.807, 2.05) is 78.9 Å². The first-order valence-corrected chi connectivity index (χ1v) is 10.7. The van der Waals surface area contributed by atoms with Gasteiger partial charge in [-0.2, -0.15) is 0 Å². The Balaban J connectivity index is 1.54. The molecular weight excluding hydrogens is 402 g/mol. The van der Waals surface area contributed by atoms with E-state index >= 15 is 0 Å². The highest BCUT2D eigenvalue weighted by Gasteiger charge is 2.22. The number of carbonyl (C=O) groups excluding carboxylic acids is 2. The second kappa shape index (κ2) is 12.2. The predicted octanol–water partition coefficient (Wildman–Crippen LogP) is 3.87. The van der Waals surface area contributed by atoms with E-state index in [4.69, 9.17) is 4.74 Å². The maximum Gasteiger partial charge on any atom is 0.317 e. The van der Waals surface area contributed by atoms with Crippen LogP contribution in [0.3, 0.4) is 0 Å². The van der Waals surface area contributed by atoms with Crippen molar-refractivity contribution in [1.82, 2.24) is 15.2 Å². The first kappa shape index (κ1) is 23.0. The number of hydrogen-bond acceptors (Lipinski definition) is 4. The molecule has 3 rings (SSSR count). The van der Waals surface area contributed by atoms with Crippen LogP contribution in [0.5, 0.6) is 0 Å². The Morgan fingerprint density at radius 1 is 0.938 bits per heavy atom. The van der Waals surface area contributed by atoms with Crippen molar-refractivity contribution in [2.75, 3.05) is 20.1 Å². The molecule has 0 bridgehead atoms. The molecule has 6 heteroatoms. The maximum atomic E-state index is 12.8. The van der Waals surface area contributed by atoms with Crippen molar-refractivity contribution >= 4 is 12.0 Å². The average Bonchev–Trinajstić information content (AvgIpc) is 2.85. The number of rotatable bonds is 10. The average molecular weight is 432 g/mol. The normalized spacial score (nSPS) is 11.4. The molecule has 0 spiro atoms. The van der Waals surface area contributed by atoms with E-state index in [0.717, 1.165) is 16.8 Å². The van der Waals surface area contributed by atoms with Crippen LogP contribution in [0.1, 0.15) is 16.8 Å². The number of likely N-dealkylation sites (N-methyl/N-ethyl adjacent to an activating group) is 1. The number of benzene rings is 2. The summed E-state index contributed by atoms with van der Waals surface area (Å²) in [5.41, 5.74) is 2.88. The van der Waals surface area contributed by atoms with Crippen LogP contribution in [0, 0.1) is 5.92 Å². The number of amides is 2. The molecule has 0 fully saturated rings. The Morgan fingerprint density at radius 2 is 1.59 bits per heavy atom. The molecule has 6 nitrogen and oxygen atoms in total. The number of nitrogens with one attached hydrogen (secondary N) is 1. The zero-order valence-corrected chi connectivity index (χ0v) is 18.3. The second-order valence-corrected chi connectivity index (χ2v) is 7.66. The number of urea groups is 1. The third-order valence-corrected chi connectivity index (χ3v) is 5.16. The lowest BCUT2D eigenvalue weighted by atomic mass is 9.99. The van der Waals surface area contributed by atoms with E-state index in [0.29, 0.717) is 19.4 Å². The number of esters is 1. The molecule has 0 saturated carbocycles. The van der Waals surface area contributed by atoms with Gasteiger partial charge in [0.1, 0.15) is 6.61 Å². The third-order valence-electron chi connectivity index (χ3n) is 5.16. The fraction of sp³-hybridized carbons (Fsp3) is 0.269. The molecule has 1 atom stereocenters. The molecule has 0 unspecified atom stereocenters. The molecule has 0 aliphatic carbocycles. The van der Waals surface area contributed by atoms with Gasteiger partial charge < -0.3 is 15.0 Å². The fourth-order valence-electron chi connectivity index (χ4n) is 3.26. The van der Waals surface area contributed by atoms with E-state index in [2.05, 4.69) is 10.3 Å². The van der Waals surface area contributed by atoms with E-state index < -0.39 is 5.92 Å². The van der Waals surface area contributed by atoms with Crippen LogP contribution >= 0.6 is 0 Å². The topological polar surface area (TPSA) is 71.5 Å². The third kappa shape index (κ3) is 7.54. The summed E-state index contributed by atoms with van der Waals surface area (Å²) in [4.78, 5) is 31.3. The standard InChI is InChI=1S/C26H29N3O3/c1-29(17-15-24-14-8-9-16-27-24)26(31)28-19-23(18-21-10-4-2-5-11-21)25(30)32-20-22-12-6-3-7-13-22/h2-14,16,23H,15,17-20H2,1H3,(H,28,31)/t23-/m1/s1. The van der Waals surface area contributed by atoms with Crippen LogP contribution in [-0.4, -0.2) is 42.0 Å². The van der Waals surface area contributed by atoms with Gasteiger partial charge in [0.2, 0.25) is 0 Å². The van der Waals surface area contributed by atoms with Crippen molar-refractivity contribution in [3.63, 3.8) is 0 Å². The lowest BCUT2D eigenvalue weighted by molar-refractivity contribution is -0.149. The van der Waals surface area contributed by atoms with Gasteiger partial charge in [0.25, 0.3) is 0 Å². The van der Waals surface area contributed by atoms with E-state index in [1.165, 1.54) is 0 Å². The van der Waals surface area contributed by atoms with Gasteiger partial charge in [-0.25, -0.2) is 4.79 Å². The maximum absolute atomic E-state index is 12.8. The number of hydrogen-bond donors (Lipinski definition) is 1. The summed E-state index contributed by atoms with van der Waals surface area (Å²) < 4.78 is 5.55. The van der Waals surface area contributed by atoms with E-state index in [9.17, 15) is 9.59 Å². The van der Waals surface area contributed by atoms with Crippen molar-refractivity contribution in [3.05, 3.63) is 102 Å². The molecular formula is C26H29N3O3. The van der Waals surface area contributed by atoms with Gasteiger partial charge in [0.15, 0.2) is 0 Å². The first-order chi connectivity index (χ1) is 15.6. The minimum Gasteiger partial charge on any atom is -0.461 e. The summed E-state index contributed by atoms with van der Waals surface area (Å²) in [6, 6.07) is 24.8. The van der Waals surface area contributed by atoms with Gasteiger partial charge in [0, 0.05) is 38.4 Å². The minimum absolute atomic E-state index is 0.204. The molecule has 1 heterocycles. The lowest BCUT2D eigenvalue weighted by Gasteiger charge is -2.21. The van der Waals surface area contributed by atoms with Gasteiger partial charge in [-0.3, -0.25) is 9.78 Å². The number of carbonyl (C=O) groups is 2. The Morgan fingerprint density at radius 3 is 2.25 bits per heavy atom. The molecule has 32 heavy (non-hydrogen) atoms. The largest absolute Gasteiger partial charge is 0.461 e. The summed E-state index contributed by atoms with van der Waals surface area (Å²) in [6.45, 7) is 0.947. The number of ether oxygens (including phenoxy) is 1. The van der Waals surface area contributed by atoms with Crippen LogP contribution < -0.4 is 5.32 Å². The summed E-state index contributed by atoms with van der Waals surface area (Å²) in [7, 11) is 1.73. The Bertz CT molecular complexity index is 965. The van der Waals surface area contributed by atoms with Crippen LogP contribution in [0.15, 0.2) is 85.1 Å². The highest BCUT2D eigenvalue weighted by atomic mass is 16.5. The molecule has 166 valence electrons. The van der Waals surface area contributed by atoms with Gasteiger partial charge in [0.05, 0.1) is 5.92 Å². The Kier molecular flexibility index (Phi) is 8.80. The highest BCUT2D eigenvalue weighted by molar-refractivity contribution is 5.76. The molecule has 0 saturated heterocycles. The monoisotopic (exact) mass is 431 g/mol. The molecule has 1 N–H and O–H groups in total. The van der Waals surface area contributed by atoms with Crippen LogP contribution in [0.2, 0.25) is 0 Å². The van der Waals surface area contributed by atoms with Crippen LogP contribution in [-0.2, 0) is 29.0 Å². The van der Waals surface area contributed by atoms with Gasteiger partial charge in [-0.1, -0.05) is 66.7 Å². The van der Waals surface area contributed by atoms with Crippen molar-refractivity contribution in [2.24, 2.45) is 5.92 Å². The molecule has 2 amide bonds. The summed E-state index contributed by atoms with van der Waals surface area (Å²) in [6.07, 6.45) is 2.90. The molecule has 1 aromatic heterocycles. The van der Waals surface area contributed by atoms with Gasteiger partial charge >= 0.3 is 12.0 Å². The highest BCUT2D eigenvalue weighted by Crippen LogP contribution is 2.12. The van der Waals surface area contributed by atoms with Crippen molar-refractivity contribution in [2.45, 2.75) is 19.4 Å². The van der Waals surface area contributed by atoms with E-state index in [1.54, 1.807) is 18.1 Å². The van der Waals surface area contributed by atoms with Crippen LogP contribution in [0.25, 0.3) is 0 Å². The van der Waals surface area contributed by atoms with Crippen molar-refractivity contribution in [3.8, 4) is 0 Å². The zero-order chi connectivity index (χ0) is 22.6. The first-order valence-electron chi connectivity index (χ1n) is 10.7. The zero-order valence-electron chi connectivity index (χ0n) is 18.3. The Hall–Kier alpha value is -3.67. The summed E-state index contributed by atoms with van der Waals surface area (Å²) >= 11 is 0. The van der Waals surface area contributed by atoms with Gasteiger partial charge in [-0.05, 0) is 29.7 Å². The fourth-order valence-corrected chi connectivity index (χ4v) is 3.26. The lowest BCUT2D eigenvalue weighted by Crippen LogP contribution is -2.42.